The van der Waals surface area contributed by atoms with Crippen LogP contribution in [0.15, 0.2) is 12.2 Å². The van der Waals surface area contributed by atoms with Crippen LogP contribution in [0.5, 0.6) is 0 Å². The summed E-state index contributed by atoms with van der Waals surface area (Å²) in [4.78, 5) is 0. The maximum Gasteiger partial charge on any atom is 0.136 e. The molecule has 0 N–H and O–H groups in total. The Morgan fingerprint density at radius 1 is 1.24 bits per heavy atom. The van der Waals surface area contributed by atoms with E-state index in [9.17, 15) is 0 Å². The maximum atomic E-state index is 5.48. The van der Waals surface area contributed by atoms with E-state index in [1.165, 1.54) is 24.3 Å². The molecular formula is C15H25OS+. The van der Waals surface area contributed by atoms with Crippen LogP contribution in [0.4, 0.5) is 0 Å². The molecule has 0 radical (unpaired) electrons. The van der Waals surface area contributed by atoms with Crippen LogP contribution in [-0.4, -0.2) is 30.0 Å². The van der Waals surface area contributed by atoms with Crippen molar-refractivity contribution >= 4 is 10.9 Å². The van der Waals surface area contributed by atoms with Crippen molar-refractivity contribution in [1.82, 2.24) is 0 Å². The topological polar surface area (TPSA) is 9.23 Å². The van der Waals surface area contributed by atoms with Crippen LogP contribution in [0.25, 0.3) is 0 Å². The first-order valence-electron chi connectivity index (χ1n) is 6.96. The molecule has 2 unspecified atom stereocenters. The molecule has 1 saturated heterocycles. The molecule has 2 fully saturated rings. The van der Waals surface area contributed by atoms with Gasteiger partial charge in [-0.15, -0.1) is 0 Å². The lowest BCUT2D eigenvalue weighted by atomic mass is 9.73. The molecule has 0 aromatic carbocycles. The lowest BCUT2D eigenvalue weighted by Gasteiger charge is -2.33. The Labute approximate surface area is 108 Å². The van der Waals surface area contributed by atoms with E-state index in [2.05, 4.69) is 32.9 Å². The summed E-state index contributed by atoms with van der Waals surface area (Å²) in [6, 6.07) is 0. The first-order chi connectivity index (χ1) is 8.03. The molecule has 0 aromatic heterocycles. The molecule has 3 atom stereocenters. The molecule has 3 rings (SSSR count). The average molecular weight is 253 g/mol. The summed E-state index contributed by atoms with van der Waals surface area (Å²) >= 11 is 0. The first kappa shape index (κ1) is 12.1. The van der Waals surface area contributed by atoms with Crippen LogP contribution in [0, 0.1) is 16.7 Å². The Bertz CT molecular complexity index is 324. The summed E-state index contributed by atoms with van der Waals surface area (Å²) in [5.74, 6) is 3.60. The van der Waals surface area contributed by atoms with E-state index in [0.717, 1.165) is 24.4 Å². The third-order valence-corrected chi connectivity index (χ3v) is 7.67. The van der Waals surface area contributed by atoms with Crippen molar-refractivity contribution < 1.29 is 4.74 Å². The second-order valence-electron chi connectivity index (χ2n) is 6.88. The van der Waals surface area contributed by atoms with Crippen molar-refractivity contribution in [3.05, 3.63) is 12.2 Å². The van der Waals surface area contributed by atoms with E-state index in [0.29, 0.717) is 21.7 Å². The lowest BCUT2D eigenvalue weighted by Crippen LogP contribution is -2.37. The molecule has 0 aromatic rings. The van der Waals surface area contributed by atoms with Gasteiger partial charge in [-0.2, -0.15) is 0 Å². The third kappa shape index (κ3) is 1.98. The maximum absolute atomic E-state index is 5.48. The predicted octanol–water partition coefficient (Wildman–Crippen LogP) is 3.02. The van der Waals surface area contributed by atoms with Gasteiger partial charge in [-0.25, -0.2) is 0 Å². The Morgan fingerprint density at radius 2 is 1.94 bits per heavy atom. The van der Waals surface area contributed by atoms with Crippen LogP contribution < -0.4 is 0 Å². The zero-order valence-corrected chi connectivity index (χ0v) is 12.2. The molecule has 0 amide bonds. The van der Waals surface area contributed by atoms with E-state index in [1.54, 1.807) is 0 Å². The largest absolute Gasteiger partial charge is 0.372 e. The summed E-state index contributed by atoms with van der Waals surface area (Å²) < 4.78 is 5.48. The van der Waals surface area contributed by atoms with Gasteiger partial charge in [-0.1, -0.05) is 26.8 Å². The average Bonchev–Trinajstić information content (AvgIpc) is 3.04. The molecule has 1 heterocycles. The summed E-state index contributed by atoms with van der Waals surface area (Å²) in [6.07, 6.45) is 8.06. The predicted molar refractivity (Wildman–Crippen MR) is 75.5 cm³/mol. The first-order valence-corrected chi connectivity index (χ1v) is 8.59. The monoisotopic (exact) mass is 253 g/mol. The Balaban J connectivity index is 1.70. The fourth-order valence-corrected chi connectivity index (χ4v) is 6.02. The molecule has 3 aliphatic rings. The summed E-state index contributed by atoms with van der Waals surface area (Å²) in [5, 5.41) is 0.877. The van der Waals surface area contributed by atoms with Gasteiger partial charge in [-0.05, 0) is 40.1 Å². The highest BCUT2D eigenvalue weighted by Crippen LogP contribution is 2.67. The number of hydrogen-bond acceptors (Lipinski definition) is 1. The van der Waals surface area contributed by atoms with Crippen LogP contribution in [0.2, 0.25) is 0 Å². The molecule has 0 spiro atoms. The van der Waals surface area contributed by atoms with E-state index in [-0.39, 0.29) is 0 Å². The molecule has 17 heavy (non-hydrogen) atoms. The fraction of sp³-hybridized carbons (Fsp3) is 0.867. The van der Waals surface area contributed by atoms with Crippen LogP contribution in [-0.2, 0) is 15.6 Å². The fourth-order valence-electron chi connectivity index (χ4n) is 3.74. The van der Waals surface area contributed by atoms with Gasteiger partial charge in [0.15, 0.2) is 0 Å². The number of allylic oxidation sites excluding steroid dienone is 1. The number of ether oxygens (including phenoxy) is 1. The van der Waals surface area contributed by atoms with Crippen molar-refractivity contribution in [1.29, 1.82) is 0 Å². The van der Waals surface area contributed by atoms with Gasteiger partial charge in [0.25, 0.3) is 0 Å². The zero-order chi connectivity index (χ0) is 12.1. The van der Waals surface area contributed by atoms with Crippen molar-refractivity contribution in [2.24, 2.45) is 16.7 Å². The Hall–Kier alpha value is 0.0500. The summed E-state index contributed by atoms with van der Waals surface area (Å²) in [7, 11) is 0.618. The van der Waals surface area contributed by atoms with Gasteiger partial charge in [0.1, 0.15) is 16.8 Å². The summed E-state index contributed by atoms with van der Waals surface area (Å²) in [6.45, 7) is 9.24. The Kier molecular flexibility index (Phi) is 2.87. The van der Waals surface area contributed by atoms with Gasteiger partial charge in [0.05, 0.1) is 13.2 Å². The van der Waals surface area contributed by atoms with E-state index in [4.69, 9.17) is 4.74 Å². The van der Waals surface area contributed by atoms with Crippen LogP contribution >= 0.6 is 0 Å². The van der Waals surface area contributed by atoms with Gasteiger partial charge >= 0.3 is 0 Å². The van der Waals surface area contributed by atoms with E-state index in [1.807, 2.05) is 0 Å². The molecule has 1 saturated carbocycles. The van der Waals surface area contributed by atoms with Gasteiger partial charge in [0.2, 0.25) is 0 Å². The lowest BCUT2D eigenvalue weighted by molar-refractivity contribution is 0.159. The van der Waals surface area contributed by atoms with E-state index >= 15 is 0 Å². The van der Waals surface area contributed by atoms with Gasteiger partial charge in [-0.3, -0.25) is 0 Å². The highest BCUT2D eigenvalue weighted by atomic mass is 32.2. The highest BCUT2D eigenvalue weighted by Gasteiger charge is 2.62. The molecule has 1 aliphatic heterocycles. The standard InChI is InChI=1S/C15H25OS/c1-14(2,3)15-5-4-13(10-12(15)11-15)17-8-6-16-7-9-17/h4-5,12-13H,6-11H2,1-3H3/q+1/t12?,13?,15-/m0/s1. The second kappa shape index (κ2) is 4.03. The minimum atomic E-state index is 0.456. The number of fused-ring (bicyclic) bond motifs is 1. The molecule has 96 valence electrons. The molecule has 1 nitrogen and oxygen atoms in total. The van der Waals surface area contributed by atoms with Crippen molar-refractivity contribution in [2.45, 2.75) is 38.9 Å². The number of rotatable bonds is 1. The normalized spacial score (nSPS) is 42.3. The van der Waals surface area contributed by atoms with Crippen molar-refractivity contribution in [3.8, 4) is 0 Å². The number of hydrogen-bond donors (Lipinski definition) is 0. The van der Waals surface area contributed by atoms with Crippen LogP contribution in [0.1, 0.15) is 33.6 Å². The summed E-state index contributed by atoms with van der Waals surface area (Å²) in [5.41, 5.74) is 1.01. The minimum Gasteiger partial charge on any atom is -0.372 e. The molecule has 2 aliphatic carbocycles. The van der Waals surface area contributed by atoms with Crippen LogP contribution in [0.3, 0.4) is 0 Å². The minimum absolute atomic E-state index is 0.456. The third-order valence-electron chi connectivity index (χ3n) is 5.08. The molecule has 2 heteroatoms. The SMILES string of the molecule is CC(C)(C)[C@]12C=CC([S+]3CCOCC3)CC1C2. The second-order valence-corrected chi connectivity index (χ2v) is 9.38. The quantitative estimate of drug-likeness (QED) is 0.515. The van der Waals surface area contributed by atoms with Gasteiger partial charge < -0.3 is 4.74 Å². The van der Waals surface area contributed by atoms with E-state index < -0.39 is 0 Å². The van der Waals surface area contributed by atoms with Gasteiger partial charge in [0, 0.05) is 6.42 Å². The van der Waals surface area contributed by atoms with Crippen molar-refractivity contribution in [3.63, 3.8) is 0 Å². The molecular weight excluding hydrogens is 228 g/mol. The highest BCUT2D eigenvalue weighted by molar-refractivity contribution is 7.97. The van der Waals surface area contributed by atoms with Crippen molar-refractivity contribution in [2.75, 3.05) is 24.7 Å². The Morgan fingerprint density at radius 3 is 2.53 bits per heavy atom. The zero-order valence-electron chi connectivity index (χ0n) is 11.4. The smallest absolute Gasteiger partial charge is 0.136 e. The molecule has 0 bridgehead atoms.